The zero-order valence-electron chi connectivity index (χ0n) is 11.7. The lowest BCUT2D eigenvalue weighted by atomic mass is 10.1. The summed E-state index contributed by atoms with van der Waals surface area (Å²) in [6.45, 7) is 0.341. The van der Waals surface area contributed by atoms with Crippen LogP contribution in [0, 0.1) is 17.5 Å². The summed E-state index contributed by atoms with van der Waals surface area (Å²) in [5.41, 5.74) is 0.693. The quantitative estimate of drug-likeness (QED) is 0.875. The van der Waals surface area contributed by atoms with E-state index >= 15 is 0 Å². The number of halogens is 3. The molecule has 0 unspecified atom stereocenters. The SMILES string of the molecule is O=C(NCCc1c(F)cccc1F)NCc1ccc(F)cc1. The number of hydrogen-bond acceptors (Lipinski definition) is 1. The molecule has 0 aliphatic carbocycles. The zero-order chi connectivity index (χ0) is 15.9. The minimum atomic E-state index is -0.631. The van der Waals surface area contributed by atoms with Crippen LogP contribution < -0.4 is 10.6 Å². The van der Waals surface area contributed by atoms with Crippen molar-refractivity contribution in [2.75, 3.05) is 6.54 Å². The Morgan fingerprint density at radius 3 is 2.18 bits per heavy atom. The smallest absolute Gasteiger partial charge is 0.315 e. The molecule has 2 rings (SSSR count). The summed E-state index contributed by atoms with van der Waals surface area (Å²) in [7, 11) is 0. The van der Waals surface area contributed by atoms with Crippen molar-refractivity contribution in [1.82, 2.24) is 10.6 Å². The summed E-state index contributed by atoms with van der Waals surface area (Å²) >= 11 is 0. The van der Waals surface area contributed by atoms with Gasteiger partial charge in [0.2, 0.25) is 0 Å². The maximum Gasteiger partial charge on any atom is 0.315 e. The molecule has 0 radical (unpaired) electrons. The van der Waals surface area contributed by atoms with Gasteiger partial charge < -0.3 is 10.6 Å². The van der Waals surface area contributed by atoms with Gasteiger partial charge in [0.1, 0.15) is 17.5 Å². The minimum absolute atomic E-state index is 0.0543. The van der Waals surface area contributed by atoms with Crippen LogP contribution in [0.2, 0.25) is 0 Å². The molecule has 3 nitrogen and oxygen atoms in total. The van der Waals surface area contributed by atoms with E-state index in [1.807, 2.05) is 0 Å². The van der Waals surface area contributed by atoms with Crippen LogP contribution in [-0.4, -0.2) is 12.6 Å². The Labute approximate surface area is 126 Å². The van der Waals surface area contributed by atoms with Crippen LogP contribution in [0.25, 0.3) is 0 Å². The number of benzene rings is 2. The Hall–Kier alpha value is -2.50. The van der Waals surface area contributed by atoms with E-state index in [-0.39, 0.29) is 30.9 Å². The highest BCUT2D eigenvalue weighted by molar-refractivity contribution is 5.73. The minimum Gasteiger partial charge on any atom is -0.338 e. The van der Waals surface area contributed by atoms with Gasteiger partial charge in [0.25, 0.3) is 0 Å². The summed E-state index contributed by atoms with van der Waals surface area (Å²) in [6.07, 6.45) is 0.0580. The summed E-state index contributed by atoms with van der Waals surface area (Å²) in [5.74, 6) is -1.61. The zero-order valence-corrected chi connectivity index (χ0v) is 11.7. The first-order valence-electron chi connectivity index (χ1n) is 6.75. The van der Waals surface area contributed by atoms with Crippen molar-refractivity contribution in [2.45, 2.75) is 13.0 Å². The van der Waals surface area contributed by atoms with Crippen molar-refractivity contribution in [3.63, 3.8) is 0 Å². The van der Waals surface area contributed by atoms with E-state index in [1.165, 1.54) is 30.3 Å². The largest absolute Gasteiger partial charge is 0.338 e. The van der Waals surface area contributed by atoms with E-state index in [0.29, 0.717) is 0 Å². The lowest BCUT2D eigenvalue weighted by Crippen LogP contribution is -2.36. The van der Waals surface area contributed by atoms with Gasteiger partial charge in [0.15, 0.2) is 0 Å². The van der Waals surface area contributed by atoms with Crippen molar-refractivity contribution in [2.24, 2.45) is 0 Å². The fraction of sp³-hybridized carbons (Fsp3) is 0.188. The molecule has 0 spiro atoms. The van der Waals surface area contributed by atoms with Crippen molar-refractivity contribution in [3.8, 4) is 0 Å². The first-order chi connectivity index (χ1) is 10.6. The highest BCUT2D eigenvalue weighted by Crippen LogP contribution is 2.11. The summed E-state index contributed by atoms with van der Waals surface area (Å²) in [4.78, 5) is 11.6. The van der Waals surface area contributed by atoms with Gasteiger partial charge in [-0.15, -0.1) is 0 Å². The van der Waals surface area contributed by atoms with E-state index in [2.05, 4.69) is 10.6 Å². The lowest BCUT2D eigenvalue weighted by molar-refractivity contribution is 0.240. The van der Waals surface area contributed by atoms with Crippen LogP contribution in [0.1, 0.15) is 11.1 Å². The number of hydrogen-bond donors (Lipinski definition) is 2. The number of rotatable bonds is 5. The van der Waals surface area contributed by atoms with Crippen LogP contribution in [0.5, 0.6) is 0 Å². The van der Waals surface area contributed by atoms with E-state index in [9.17, 15) is 18.0 Å². The van der Waals surface area contributed by atoms with Gasteiger partial charge in [-0.1, -0.05) is 18.2 Å². The highest BCUT2D eigenvalue weighted by Gasteiger charge is 2.08. The van der Waals surface area contributed by atoms with Gasteiger partial charge in [-0.05, 0) is 36.2 Å². The van der Waals surface area contributed by atoms with Crippen LogP contribution >= 0.6 is 0 Å². The van der Waals surface area contributed by atoms with Crippen LogP contribution in [-0.2, 0) is 13.0 Å². The van der Waals surface area contributed by atoms with Gasteiger partial charge in [-0.2, -0.15) is 0 Å². The first-order valence-corrected chi connectivity index (χ1v) is 6.75. The molecule has 0 fully saturated rings. The molecule has 0 saturated carbocycles. The Bertz CT molecular complexity index is 624. The second-order valence-corrected chi connectivity index (χ2v) is 4.69. The number of carbonyl (C=O) groups is 1. The molecule has 0 bridgehead atoms. The predicted octanol–water partition coefficient (Wildman–Crippen LogP) is 3.15. The fourth-order valence-corrected chi connectivity index (χ4v) is 1.92. The van der Waals surface area contributed by atoms with Crippen molar-refractivity contribution in [1.29, 1.82) is 0 Å². The summed E-state index contributed by atoms with van der Waals surface area (Å²) in [6, 6.07) is 8.90. The fourth-order valence-electron chi connectivity index (χ4n) is 1.92. The van der Waals surface area contributed by atoms with Crippen LogP contribution in [0.4, 0.5) is 18.0 Å². The molecule has 0 aromatic heterocycles. The Balaban J connectivity index is 1.75. The Kier molecular flexibility index (Phi) is 5.41. The highest BCUT2D eigenvalue weighted by atomic mass is 19.1. The molecular formula is C16H15F3N2O. The molecule has 6 heteroatoms. The third-order valence-corrected chi connectivity index (χ3v) is 3.09. The molecule has 2 N–H and O–H groups in total. The second-order valence-electron chi connectivity index (χ2n) is 4.69. The lowest BCUT2D eigenvalue weighted by Gasteiger charge is -2.09. The molecule has 2 aromatic carbocycles. The average Bonchev–Trinajstić information content (AvgIpc) is 2.50. The Morgan fingerprint density at radius 1 is 0.909 bits per heavy atom. The number of carbonyl (C=O) groups excluding carboxylic acids is 1. The van der Waals surface area contributed by atoms with Gasteiger partial charge in [-0.25, -0.2) is 18.0 Å². The predicted molar refractivity (Wildman–Crippen MR) is 76.7 cm³/mol. The average molecular weight is 308 g/mol. The van der Waals surface area contributed by atoms with E-state index in [4.69, 9.17) is 0 Å². The molecule has 0 heterocycles. The summed E-state index contributed by atoms with van der Waals surface area (Å²) in [5, 5.41) is 5.08. The maximum atomic E-state index is 13.4. The van der Waals surface area contributed by atoms with Gasteiger partial charge in [-0.3, -0.25) is 0 Å². The standard InChI is InChI=1S/C16H15F3N2O/c17-12-6-4-11(5-7-12)10-21-16(22)20-9-8-13-14(18)2-1-3-15(13)19/h1-7H,8-10H2,(H2,20,21,22). The van der Waals surface area contributed by atoms with Crippen molar-refractivity contribution >= 4 is 6.03 Å². The van der Waals surface area contributed by atoms with Gasteiger partial charge >= 0.3 is 6.03 Å². The van der Waals surface area contributed by atoms with Crippen molar-refractivity contribution < 1.29 is 18.0 Å². The third kappa shape index (κ3) is 4.51. The molecule has 22 heavy (non-hydrogen) atoms. The van der Waals surface area contributed by atoms with Crippen LogP contribution in [0.15, 0.2) is 42.5 Å². The van der Waals surface area contributed by atoms with E-state index < -0.39 is 17.7 Å². The number of urea groups is 1. The number of amides is 2. The monoisotopic (exact) mass is 308 g/mol. The summed E-state index contributed by atoms with van der Waals surface area (Å²) < 4.78 is 39.5. The Morgan fingerprint density at radius 2 is 1.55 bits per heavy atom. The topological polar surface area (TPSA) is 41.1 Å². The molecule has 0 aliphatic rings. The molecular weight excluding hydrogens is 293 g/mol. The molecule has 116 valence electrons. The molecule has 0 aliphatic heterocycles. The van der Waals surface area contributed by atoms with Gasteiger partial charge in [0.05, 0.1) is 0 Å². The van der Waals surface area contributed by atoms with E-state index in [1.54, 1.807) is 12.1 Å². The molecule has 2 amide bonds. The van der Waals surface area contributed by atoms with Crippen LogP contribution in [0.3, 0.4) is 0 Å². The first kappa shape index (κ1) is 15.9. The molecule has 2 aromatic rings. The third-order valence-electron chi connectivity index (χ3n) is 3.09. The molecule has 0 atom stereocenters. The maximum absolute atomic E-state index is 13.4. The normalized spacial score (nSPS) is 10.3. The van der Waals surface area contributed by atoms with Gasteiger partial charge in [0, 0.05) is 18.7 Å². The molecule has 0 saturated heterocycles. The second kappa shape index (κ2) is 7.49. The van der Waals surface area contributed by atoms with Crippen molar-refractivity contribution in [3.05, 3.63) is 71.0 Å². The van der Waals surface area contributed by atoms with E-state index in [0.717, 1.165) is 5.56 Å². The number of nitrogens with one attached hydrogen (secondary N) is 2.